The van der Waals surface area contributed by atoms with E-state index < -0.39 is 16.3 Å². The Bertz CT molecular complexity index is 910. The first-order chi connectivity index (χ1) is 13.1. The van der Waals surface area contributed by atoms with E-state index in [4.69, 9.17) is 9.47 Å². The molecule has 0 aliphatic heterocycles. The van der Waals surface area contributed by atoms with Crippen LogP contribution in [0.4, 0.5) is 5.69 Å². The smallest absolute Gasteiger partial charge is 0.338 e. The lowest BCUT2D eigenvalue weighted by molar-refractivity contribution is -0.384. The molecule has 0 unspecified atom stereocenters. The van der Waals surface area contributed by atoms with Crippen molar-refractivity contribution in [3.63, 3.8) is 0 Å². The maximum Gasteiger partial charge on any atom is 0.338 e. The molecule has 0 radical (unpaired) electrons. The number of esters is 2. The van der Waals surface area contributed by atoms with E-state index in [-0.39, 0.29) is 24.7 Å². The minimum Gasteiger partial charge on any atom is -0.465 e. The SMILES string of the molecule is COC(=O)c1cc(-c2cccc(CCOC(=O)C(C)(C)C)c2[N+](=O)[O-])sc1C. The summed E-state index contributed by atoms with van der Waals surface area (Å²) in [6.45, 7) is 7.06. The number of hydrogen-bond donors (Lipinski definition) is 0. The van der Waals surface area contributed by atoms with Crippen molar-refractivity contribution in [2.45, 2.75) is 34.1 Å². The van der Waals surface area contributed by atoms with Crippen LogP contribution in [0, 0.1) is 22.5 Å². The lowest BCUT2D eigenvalue weighted by atomic mass is 9.97. The van der Waals surface area contributed by atoms with Gasteiger partial charge in [-0.15, -0.1) is 11.3 Å². The van der Waals surface area contributed by atoms with Gasteiger partial charge < -0.3 is 9.47 Å². The second-order valence-electron chi connectivity index (χ2n) is 7.28. The number of methoxy groups -OCH3 is 1. The topological polar surface area (TPSA) is 95.7 Å². The molecule has 0 atom stereocenters. The van der Waals surface area contributed by atoms with Gasteiger partial charge in [-0.3, -0.25) is 14.9 Å². The Hall–Kier alpha value is -2.74. The third-order valence-corrected chi connectivity index (χ3v) is 5.19. The summed E-state index contributed by atoms with van der Waals surface area (Å²) in [6, 6.07) is 6.62. The average molecular weight is 405 g/mol. The number of carbonyl (C=O) groups is 2. The summed E-state index contributed by atoms with van der Waals surface area (Å²) < 4.78 is 10.00. The van der Waals surface area contributed by atoms with Gasteiger partial charge in [0.1, 0.15) is 0 Å². The molecular formula is C20H23NO6S. The van der Waals surface area contributed by atoms with Crippen molar-refractivity contribution in [1.82, 2.24) is 0 Å². The van der Waals surface area contributed by atoms with Gasteiger partial charge in [-0.05, 0) is 39.8 Å². The summed E-state index contributed by atoms with van der Waals surface area (Å²) in [5, 5.41) is 11.8. The average Bonchev–Trinajstić information content (AvgIpc) is 3.01. The van der Waals surface area contributed by atoms with Crippen LogP contribution in [-0.4, -0.2) is 30.6 Å². The summed E-state index contributed by atoms with van der Waals surface area (Å²) in [4.78, 5) is 36.4. The normalized spacial score (nSPS) is 11.2. The summed E-state index contributed by atoms with van der Waals surface area (Å²) in [7, 11) is 1.29. The Labute approximate surface area is 167 Å². The number of nitro benzene ring substituents is 1. The molecule has 28 heavy (non-hydrogen) atoms. The van der Waals surface area contributed by atoms with Crippen LogP contribution >= 0.6 is 11.3 Å². The van der Waals surface area contributed by atoms with Gasteiger partial charge >= 0.3 is 11.9 Å². The Morgan fingerprint density at radius 2 is 1.93 bits per heavy atom. The van der Waals surface area contributed by atoms with E-state index in [1.807, 2.05) is 0 Å². The van der Waals surface area contributed by atoms with Gasteiger partial charge in [0, 0.05) is 21.7 Å². The van der Waals surface area contributed by atoms with Crippen molar-refractivity contribution in [1.29, 1.82) is 0 Å². The maximum atomic E-state index is 11.9. The van der Waals surface area contributed by atoms with Gasteiger partial charge in [-0.25, -0.2) is 4.79 Å². The molecule has 0 amide bonds. The Kier molecular flexibility index (Phi) is 6.56. The second kappa shape index (κ2) is 8.52. The maximum absolute atomic E-state index is 11.9. The minimum atomic E-state index is -0.632. The van der Waals surface area contributed by atoms with Crippen LogP contribution in [-0.2, 0) is 20.7 Å². The van der Waals surface area contributed by atoms with Crippen LogP contribution in [0.1, 0.15) is 41.6 Å². The van der Waals surface area contributed by atoms with E-state index in [2.05, 4.69) is 0 Å². The molecule has 1 aromatic carbocycles. The van der Waals surface area contributed by atoms with E-state index in [0.717, 1.165) is 4.88 Å². The molecule has 0 aliphatic carbocycles. The second-order valence-corrected chi connectivity index (χ2v) is 8.53. The lowest BCUT2D eigenvalue weighted by Gasteiger charge is -2.16. The zero-order chi connectivity index (χ0) is 21.1. The van der Waals surface area contributed by atoms with Gasteiger partial charge in [0.15, 0.2) is 0 Å². The molecule has 7 nitrogen and oxygen atoms in total. The Balaban J connectivity index is 2.35. The summed E-state index contributed by atoms with van der Waals surface area (Å²) in [6.07, 6.45) is 0.222. The van der Waals surface area contributed by atoms with Crippen molar-refractivity contribution in [2.75, 3.05) is 13.7 Å². The molecule has 0 bridgehead atoms. The highest BCUT2D eigenvalue weighted by Crippen LogP contribution is 2.38. The van der Waals surface area contributed by atoms with Crippen LogP contribution in [0.25, 0.3) is 10.4 Å². The van der Waals surface area contributed by atoms with Gasteiger partial charge in [0.05, 0.1) is 35.2 Å². The number of rotatable bonds is 6. The van der Waals surface area contributed by atoms with Gasteiger partial charge in [0.2, 0.25) is 0 Å². The van der Waals surface area contributed by atoms with Crippen LogP contribution < -0.4 is 0 Å². The van der Waals surface area contributed by atoms with Gasteiger partial charge in [-0.1, -0.05) is 12.1 Å². The monoisotopic (exact) mass is 405 g/mol. The highest BCUT2D eigenvalue weighted by Gasteiger charge is 2.26. The molecule has 0 fully saturated rings. The summed E-state index contributed by atoms with van der Waals surface area (Å²) >= 11 is 1.29. The van der Waals surface area contributed by atoms with E-state index in [1.165, 1.54) is 18.4 Å². The lowest BCUT2D eigenvalue weighted by Crippen LogP contribution is -2.23. The molecule has 1 heterocycles. The predicted octanol–water partition coefficient (Wildman–Crippen LogP) is 4.55. The number of nitrogens with zero attached hydrogens (tertiary/aromatic N) is 1. The number of nitro groups is 1. The fourth-order valence-corrected chi connectivity index (χ4v) is 3.64. The highest BCUT2D eigenvalue weighted by molar-refractivity contribution is 7.15. The molecule has 0 spiro atoms. The quantitative estimate of drug-likeness (QED) is 0.397. The number of aryl methyl sites for hydroxylation is 1. The third-order valence-electron chi connectivity index (χ3n) is 4.11. The number of thiophene rings is 1. The number of para-hydroxylation sites is 1. The van der Waals surface area contributed by atoms with Crippen LogP contribution in [0.5, 0.6) is 0 Å². The molecule has 1 aromatic heterocycles. The standard InChI is InChI=1S/C20H23NO6S/c1-12-15(18(22)26-5)11-16(28-12)14-8-6-7-13(17(14)21(24)25)9-10-27-19(23)20(2,3)4/h6-8,11H,9-10H2,1-5H3. The fraction of sp³-hybridized carbons (Fsp3) is 0.400. The number of hydrogen-bond acceptors (Lipinski definition) is 7. The zero-order valence-corrected chi connectivity index (χ0v) is 17.3. The van der Waals surface area contributed by atoms with Crippen LogP contribution in [0.15, 0.2) is 24.3 Å². The summed E-state index contributed by atoms with van der Waals surface area (Å²) in [5.41, 5.74) is 0.600. The largest absolute Gasteiger partial charge is 0.465 e. The molecule has 150 valence electrons. The number of benzene rings is 1. The predicted molar refractivity (Wildman–Crippen MR) is 107 cm³/mol. The highest BCUT2D eigenvalue weighted by atomic mass is 32.1. The molecule has 0 saturated carbocycles. The van der Waals surface area contributed by atoms with E-state index >= 15 is 0 Å². The first-order valence-corrected chi connectivity index (χ1v) is 9.50. The molecule has 0 aliphatic rings. The van der Waals surface area contributed by atoms with Crippen molar-refractivity contribution >= 4 is 29.0 Å². The van der Waals surface area contributed by atoms with Crippen molar-refractivity contribution in [2.24, 2.45) is 5.41 Å². The molecule has 0 saturated heterocycles. The zero-order valence-electron chi connectivity index (χ0n) is 16.5. The minimum absolute atomic E-state index is 0.0491. The molecule has 8 heteroatoms. The molecule has 0 N–H and O–H groups in total. The Morgan fingerprint density at radius 3 is 2.50 bits per heavy atom. The van der Waals surface area contributed by atoms with E-state index in [9.17, 15) is 19.7 Å². The van der Waals surface area contributed by atoms with Crippen molar-refractivity contribution in [3.8, 4) is 10.4 Å². The summed E-state index contributed by atoms with van der Waals surface area (Å²) in [5.74, 6) is -0.837. The van der Waals surface area contributed by atoms with E-state index in [1.54, 1.807) is 52.0 Å². The van der Waals surface area contributed by atoms with Crippen LogP contribution in [0.2, 0.25) is 0 Å². The number of carbonyl (C=O) groups excluding carboxylic acids is 2. The third kappa shape index (κ3) is 4.75. The molecule has 2 rings (SSSR count). The van der Waals surface area contributed by atoms with Crippen LogP contribution in [0.3, 0.4) is 0 Å². The number of ether oxygens (including phenoxy) is 2. The van der Waals surface area contributed by atoms with Crippen molar-refractivity contribution in [3.05, 3.63) is 50.4 Å². The van der Waals surface area contributed by atoms with Crippen molar-refractivity contribution < 1.29 is 24.0 Å². The van der Waals surface area contributed by atoms with E-state index in [0.29, 0.717) is 21.6 Å². The van der Waals surface area contributed by atoms with Gasteiger partial charge in [0.25, 0.3) is 5.69 Å². The molecule has 2 aromatic rings. The fourth-order valence-electron chi connectivity index (χ4n) is 2.61. The van der Waals surface area contributed by atoms with Gasteiger partial charge in [-0.2, -0.15) is 0 Å². The first-order valence-electron chi connectivity index (χ1n) is 8.69. The first kappa shape index (κ1) is 21.6. The Morgan fingerprint density at radius 1 is 1.25 bits per heavy atom. The molecular weight excluding hydrogens is 382 g/mol.